The van der Waals surface area contributed by atoms with E-state index in [1.54, 1.807) is 36.4 Å². The lowest BCUT2D eigenvalue weighted by Crippen LogP contribution is -2.28. The van der Waals surface area contributed by atoms with Crippen LogP contribution < -0.4 is 0 Å². The molecule has 3 aromatic rings. The van der Waals surface area contributed by atoms with Crippen LogP contribution in [-0.2, 0) is 22.6 Å². The van der Waals surface area contributed by atoms with Crippen LogP contribution in [0.3, 0.4) is 0 Å². The van der Waals surface area contributed by atoms with Crippen LogP contribution in [0, 0.1) is 0 Å². The van der Waals surface area contributed by atoms with Crippen molar-refractivity contribution in [1.29, 1.82) is 0 Å². The second-order valence-electron chi connectivity index (χ2n) is 6.80. The highest BCUT2D eigenvalue weighted by Gasteiger charge is 2.36. The number of rotatable bonds is 6. The quantitative estimate of drug-likeness (QED) is 0.446. The van der Waals surface area contributed by atoms with Crippen molar-refractivity contribution in [2.75, 3.05) is 7.11 Å². The summed E-state index contributed by atoms with van der Waals surface area (Å²) in [5.74, 6) is -1.62. The minimum atomic E-state index is -0.656. The van der Waals surface area contributed by atoms with E-state index in [2.05, 4.69) is 4.74 Å². The number of fused-ring (bicyclic) bond motifs is 1. The second-order valence-corrected chi connectivity index (χ2v) is 6.80. The van der Waals surface area contributed by atoms with Gasteiger partial charge in [0.25, 0.3) is 11.8 Å². The lowest BCUT2D eigenvalue weighted by Gasteiger charge is -2.11. The van der Waals surface area contributed by atoms with E-state index in [9.17, 15) is 19.2 Å². The van der Waals surface area contributed by atoms with E-state index in [-0.39, 0.29) is 29.8 Å². The molecule has 1 aromatic heterocycles. The van der Waals surface area contributed by atoms with Crippen LogP contribution >= 0.6 is 0 Å². The highest BCUT2D eigenvalue weighted by molar-refractivity contribution is 6.21. The molecule has 0 spiro atoms. The molecule has 0 saturated heterocycles. The fourth-order valence-electron chi connectivity index (χ4n) is 3.26. The van der Waals surface area contributed by atoms with Gasteiger partial charge in [-0.05, 0) is 48.0 Å². The number of furan rings is 1. The van der Waals surface area contributed by atoms with Crippen LogP contribution in [0.5, 0.6) is 0 Å². The Labute approximate surface area is 177 Å². The van der Waals surface area contributed by atoms with Crippen LogP contribution in [0.25, 0.3) is 0 Å². The molecule has 1 aliphatic heterocycles. The van der Waals surface area contributed by atoms with Crippen LogP contribution in [0.4, 0.5) is 0 Å². The highest BCUT2D eigenvalue weighted by Crippen LogP contribution is 2.26. The van der Waals surface area contributed by atoms with Crippen molar-refractivity contribution in [2.24, 2.45) is 0 Å². The van der Waals surface area contributed by atoms with Crippen molar-refractivity contribution in [2.45, 2.75) is 13.2 Å². The Balaban J connectivity index is 1.47. The number of imide groups is 1. The van der Waals surface area contributed by atoms with Gasteiger partial charge in [-0.1, -0.05) is 12.1 Å². The average Bonchev–Trinajstić information content (AvgIpc) is 3.40. The molecule has 0 unspecified atom stereocenters. The van der Waals surface area contributed by atoms with Gasteiger partial charge in [-0.25, -0.2) is 9.59 Å². The number of amides is 2. The molecule has 0 N–H and O–H groups in total. The monoisotopic (exact) mass is 419 g/mol. The zero-order valence-electron chi connectivity index (χ0n) is 16.5. The molecule has 0 atom stereocenters. The summed E-state index contributed by atoms with van der Waals surface area (Å²) in [6.07, 6.45) is 1.46. The highest BCUT2D eigenvalue weighted by atomic mass is 16.5. The molecular weight excluding hydrogens is 402 g/mol. The third-order valence-electron chi connectivity index (χ3n) is 4.82. The second kappa shape index (κ2) is 8.27. The third-order valence-corrected chi connectivity index (χ3v) is 4.82. The lowest BCUT2D eigenvalue weighted by molar-refractivity contribution is 0.0472. The van der Waals surface area contributed by atoms with E-state index < -0.39 is 23.8 Å². The molecule has 2 amide bonds. The summed E-state index contributed by atoms with van der Waals surface area (Å²) in [6.45, 7) is -0.0616. The van der Waals surface area contributed by atoms with Gasteiger partial charge in [-0.15, -0.1) is 0 Å². The molecular formula is C23H17NO7. The van der Waals surface area contributed by atoms with Gasteiger partial charge < -0.3 is 13.9 Å². The summed E-state index contributed by atoms with van der Waals surface area (Å²) < 4.78 is 15.2. The van der Waals surface area contributed by atoms with Gasteiger partial charge in [-0.2, -0.15) is 0 Å². The van der Waals surface area contributed by atoms with Gasteiger partial charge in [0, 0.05) is 0 Å². The van der Waals surface area contributed by atoms with E-state index >= 15 is 0 Å². The van der Waals surface area contributed by atoms with Crippen molar-refractivity contribution in [3.8, 4) is 0 Å². The molecule has 0 fully saturated rings. The first-order valence-corrected chi connectivity index (χ1v) is 9.35. The van der Waals surface area contributed by atoms with Gasteiger partial charge in [-0.3, -0.25) is 14.5 Å². The molecule has 2 aromatic carbocycles. The van der Waals surface area contributed by atoms with Crippen LogP contribution in [0.2, 0.25) is 0 Å². The minimum absolute atomic E-state index is 0.00958. The molecule has 4 rings (SSSR count). The maximum atomic E-state index is 12.7. The Hall–Kier alpha value is -4.20. The fraction of sp³-hybridized carbons (Fsp3) is 0.130. The number of carbonyl (C=O) groups is 4. The molecule has 2 heterocycles. The summed E-state index contributed by atoms with van der Waals surface area (Å²) in [4.78, 5) is 50.4. The predicted octanol–water partition coefficient (Wildman–Crippen LogP) is 3.22. The van der Waals surface area contributed by atoms with E-state index in [4.69, 9.17) is 9.15 Å². The molecule has 8 nitrogen and oxygen atoms in total. The van der Waals surface area contributed by atoms with E-state index in [0.717, 1.165) is 4.90 Å². The molecule has 31 heavy (non-hydrogen) atoms. The zero-order chi connectivity index (χ0) is 22.0. The van der Waals surface area contributed by atoms with Crippen molar-refractivity contribution >= 4 is 23.8 Å². The Kier molecular flexibility index (Phi) is 5.36. The van der Waals surface area contributed by atoms with E-state index in [0.29, 0.717) is 16.9 Å². The normalized spacial score (nSPS) is 12.6. The van der Waals surface area contributed by atoms with Crippen LogP contribution in [0.15, 0.2) is 65.3 Å². The number of nitrogens with zero attached hydrogens (tertiary/aromatic N) is 1. The van der Waals surface area contributed by atoms with Crippen LogP contribution in [-0.4, -0.2) is 35.8 Å². The zero-order valence-corrected chi connectivity index (χ0v) is 16.5. The van der Waals surface area contributed by atoms with Gasteiger partial charge in [0.1, 0.15) is 12.4 Å². The predicted molar refractivity (Wildman–Crippen MR) is 106 cm³/mol. The number of hydrogen-bond donors (Lipinski definition) is 0. The Morgan fingerprint density at radius 3 is 2.42 bits per heavy atom. The van der Waals surface area contributed by atoms with E-state index in [1.165, 1.54) is 31.6 Å². The minimum Gasteiger partial charge on any atom is -0.467 e. The molecule has 8 heteroatoms. The number of carbonyl (C=O) groups excluding carboxylic acids is 4. The first kappa shape index (κ1) is 20.1. The Bertz CT molecular complexity index is 1180. The SMILES string of the molecule is COC(=O)c1cccc(COC(=O)c2ccc3c(c2)C(=O)N(Cc2ccco2)C3=O)c1. The number of esters is 2. The molecule has 0 aliphatic carbocycles. The summed E-state index contributed by atoms with van der Waals surface area (Å²) >= 11 is 0. The van der Waals surface area contributed by atoms with Crippen molar-refractivity contribution in [3.05, 3.63) is 94.4 Å². The van der Waals surface area contributed by atoms with Gasteiger partial charge in [0.05, 0.1) is 42.2 Å². The molecule has 0 radical (unpaired) electrons. The molecule has 1 aliphatic rings. The van der Waals surface area contributed by atoms with Crippen LogP contribution in [0.1, 0.15) is 52.8 Å². The van der Waals surface area contributed by atoms with Gasteiger partial charge in [0.2, 0.25) is 0 Å². The van der Waals surface area contributed by atoms with Gasteiger partial charge in [0.15, 0.2) is 0 Å². The average molecular weight is 419 g/mol. The largest absolute Gasteiger partial charge is 0.467 e. The summed E-state index contributed by atoms with van der Waals surface area (Å²) in [7, 11) is 1.28. The molecule has 0 bridgehead atoms. The summed E-state index contributed by atoms with van der Waals surface area (Å²) in [5.41, 5.74) is 1.45. The topological polar surface area (TPSA) is 103 Å². The number of benzene rings is 2. The van der Waals surface area contributed by atoms with Crippen molar-refractivity contribution < 1.29 is 33.1 Å². The summed E-state index contributed by atoms with van der Waals surface area (Å²) in [5, 5.41) is 0. The fourth-order valence-corrected chi connectivity index (χ4v) is 3.26. The third kappa shape index (κ3) is 3.95. The first-order chi connectivity index (χ1) is 15.0. The van der Waals surface area contributed by atoms with Crippen molar-refractivity contribution in [1.82, 2.24) is 4.90 Å². The number of hydrogen-bond acceptors (Lipinski definition) is 7. The van der Waals surface area contributed by atoms with Gasteiger partial charge >= 0.3 is 11.9 Å². The number of methoxy groups -OCH3 is 1. The Morgan fingerprint density at radius 2 is 1.68 bits per heavy atom. The lowest BCUT2D eigenvalue weighted by atomic mass is 10.1. The van der Waals surface area contributed by atoms with Crippen molar-refractivity contribution in [3.63, 3.8) is 0 Å². The maximum absolute atomic E-state index is 12.7. The smallest absolute Gasteiger partial charge is 0.338 e. The maximum Gasteiger partial charge on any atom is 0.338 e. The first-order valence-electron chi connectivity index (χ1n) is 9.35. The Morgan fingerprint density at radius 1 is 0.903 bits per heavy atom. The standard InChI is InChI=1S/C23H17NO7/c1-29-22(27)15-5-2-4-14(10-15)13-31-23(28)16-7-8-18-19(11-16)21(26)24(20(18)25)12-17-6-3-9-30-17/h2-11H,12-13H2,1H3. The number of ether oxygens (including phenoxy) is 2. The molecule has 0 saturated carbocycles. The van der Waals surface area contributed by atoms with E-state index in [1.807, 2.05) is 0 Å². The summed E-state index contributed by atoms with van der Waals surface area (Å²) in [6, 6.07) is 14.1. The molecule has 156 valence electrons.